The van der Waals surface area contributed by atoms with Crippen LogP contribution < -0.4 is 9.62 Å². The average Bonchev–Trinajstić information content (AvgIpc) is 3.70. The van der Waals surface area contributed by atoms with E-state index in [1.54, 1.807) is 35.6 Å². The first-order chi connectivity index (χ1) is 22.8. The Morgan fingerprint density at radius 1 is 1.02 bits per heavy atom. The number of aliphatic hydroxyl groups is 1. The van der Waals surface area contributed by atoms with Gasteiger partial charge >= 0.3 is 0 Å². The van der Waals surface area contributed by atoms with Gasteiger partial charge in [-0.05, 0) is 93.4 Å². The minimum atomic E-state index is -1.56. The predicted octanol–water partition coefficient (Wildman–Crippen LogP) is 4.34. The molecule has 2 fully saturated rings. The van der Waals surface area contributed by atoms with Crippen LogP contribution in [0.1, 0.15) is 80.8 Å². The van der Waals surface area contributed by atoms with Crippen molar-refractivity contribution in [3.8, 4) is 5.69 Å². The molecule has 6 rings (SSSR count). The summed E-state index contributed by atoms with van der Waals surface area (Å²) in [6.07, 6.45) is 5.09. The van der Waals surface area contributed by atoms with E-state index >= 15 is 0 Å². The largest absolute Gasteiger partial charge is 0.389 e. The summed E-state index contributed by atoms with van der Waals surface area (Å²) in [6.45, 7) is 19.5. The van der Waals surface area contributed by atoms with Gasteiger partial charge in [0.2, 0.25) is 0 Å². The zero-order chi connectivity index (χ0) is 35.5. The lowest BCUT2D eigenvalue weighted by Crippen LogP contribution is -2.55. The summed E-state index contributed by atoms with van der Waals surface area (Å²) in [5.41, 5.74) is 2.31. The summed E-state index contributed by atoms with van der Waals surface area (Å²) < 4.78 is 44.2. The SMILES string of the molecule is C[C@@H]1OCC2(CCN(c3nc4cnn(-c5ccc6cnn(CC(C)(C)O)c6c5)c4nc3COS(=O)C(C)(C)C)CC2)[C@@H]1NS(=O)C(C)(C)C. The molecule has 2 aliphatic rings. The average molecular weight is 715 g/mol. The summed E-state index contributed by atoms with van der Waals surface area (Å²) >= 11 is -1.56. The Bertz CT molecular complexity index is 1880. The van der Waals surface area contributed by atoms with Crippen LogP contribution in [0.2, 0.25) is 0 Å². The minimum absolute atomic E-state index is 0.0151. The highest BCUT2D eigenvalue weighted by atomic mass is 32.2. The number of hydrogen-bond acceptors (Lipinski definition) is 10. The molecule has 2 unspecified atom stereocenters. The molecule has 1 aromatic carbocycles. The molecular weight excluding hydrogens is 665 g/mol. The molecule has 15 heteroatoms. The van der Waals surface area contributed by atoms with E-state index in [9.17, 15) is 13.5 Å². The van der Waals surface area contributed by atoms with Gasteiger partial charge in [0.25, 0.3) is 0 Å². The minimum Gasteiger partial charge on any atom is -0.389 e. The second-order valence-corrected chi connectivity index (χ2v) is 20.0. The summed E-state index contributed by atoms with van der Waals surface area (Å²) in [5, 5.41) is 20.6. The Balaban J connectivity index is 1.33. The van der Waals surface area contributed by atoms with Crippen LogP contribution in [0.5, 0.6) is 0 Å². The number of anilines is 1. The molecular formula is C34H50N8O5S2. The van der Waals surface area contributed by atoms with Gasteiger partial charge in [-0.2, -0.15) is 10.2 Å². The maximum Gasteiger partial charge on any atom is 0.182 e. The first-order valence-electron chi connectivity index (χ1n) is 16.9. The second kappa shape index (κ2) is 13.1. The number of nitrogens with zero attached hydrogens (tertiary/aromatic N) is 7. The van der Waals surface area contributed by atoms with Crippen molar-refractivity contribution in [1.82, 2.24) is 34.3 Å². The highest BCUT2D eigenvalue weighted by Crippen LogP contribution is 2.44. The monoisotopic (exact) mass is 714 g/mol. The number of hydrogen-bond donors (Lipinski definition) is 2. The molecule has 5 heterocycles. The number of piperidine rings is 1. The van der Waals surface area contributed by atoms with Gasteiger partial charge in [0.05, 0.1) is 75.0 Å². The van der Waals surface area contributed by atoms with E-state index < -0.39 is 32.4 Å². The molecule has 1 spiro atoms. The Morgan fingerprint density at radius 3 is 2.39 bits per heavy atom. The van der Waals surface area contributed by atoms with Crippen molar-refractivity contribution >= 4 is 50.0 Å². The lowest BCUT2D eigenvalue weighted by Gasteiger charge is -2.43. The van der Waals surface area contributed by atoms with Gasteiger partial charge in [-0.15, -0.1) is 0 Å². The molecule has 4 aromatic rings. The molecule has 268 valence electrons. The van der Waals surface area contributed by atoms with Gasteiger partial charge in [-0.25, -0.2) is 27.8 Å². The Kier molecular flexibility index (Phi) is 9.59. The van der Waals surface area contributed by atoms with Gasteiger partial charge in [0.1, 0.15) is 17.8 Å². The van der Waals surface area contributed by atoms with Crippen LogP contribution in [0.25, 0.3) is 27.8 Å². The Hall–Kier alpha value is -2.82. The molecule has 0 aliphatic carbocycles. The van der Waals surface area contributed by atoms with Crippen LogP contribution in [-0.2, 0) is 44.1 Å². The van der Waals surface area contributed by atoms with Gasteiger partial charge < -0.3 is 14.7 Å². The lowest BCUT2D eigenvalue weighted by molar-refractivity contribution is 0.0591. The maximum atomic E-state index is 13.1. The fourth-order valence-corrected chi connectivity index (χ4v) is 8.09. The normalized spacial score (nSPS) is 21.6. The van der Waals surface area contributed by atoms with Crippen LogP contribution in [0.3, 0.4) is 0 Å². The van der Waals surface area contributed by atoms with E-state index in [0.29, 0.717) is 48.9 Å². The Morgan fingerprint density at radius 2 is 1.73 bits per heavy atom. The van der Waals surface area contributed by atoms with Crippen LogP contribution in [0.4, 0.5) is 5.82 Å². The fraction of sp³-hybridized carbons (Fsp3) is 0.647. The van der Waals surface area contributed by atoms with Crippen molar-refractivity contribution < 1.29 is 22.4 Å². The van der Waals surface area contributed by atoms with Crippen molar-refractivity contribution in [2.24, 2.45) is 5.41 Å². The molecule has 0 amide bonds. The molecule has 49 heavy (non-hydrogen) atoms. The fourth-order valence-electron chi connectivity index (χ4n) is 6.49. The van der Waals surface area contributed by atoms with Crippen molar-refractivity contribution in [2.75, 3.05) is 24.6 Å². The smallest absolute Gasteiger partial charge is 0.182 e. The first kappa shape index (κ1) is 36.0. The molecule has 0 saturated carbocycles. The maximum absolute atomic E-state index is 13.1. The number of rotatable bonds is 9. The molecule has 4 atom stereocenters. The molecule has 2 N–H and O–H groups in total. The van der Waals surface area contributed by atoms with Gasteiger partial charge in [0.15, 0.2) is 22.5 Å². The van der Waals surface area contributed by atoms with Crippen LogP contribution in [-0.4, -0.2) is 90.0 Å². The van der Waals surface area contributed by atoms with E-state index in [-0.39, 0.29) is 28.9 Å². The van der Waals surface area contributed by atoms with Crippen molar-refractivity contribution in [2.45, 2.75) is 116 Å². The Labute approximate surface area is 293 Å². The number of benzene rings is 1. The zero-order valence-corrected chi connectivity index (χ0v) is 31.7. The van der Waals surface area contributed by atoms with Crippen molar-refractivity contribution in [3.63, 3.8) is 0 Å². The van der Waals surface area contributed by atoms with Gasteiger partial charge in [-0.3, -0.25) is 8.86 Å². The molecule has 0 radical (unpaired) electrons. The van der Waals surface area contributed by atoms with Gasteiger partial charge in [0, 0.05) is 23.9 Å². The molecule has 13 nitrogen and oxygen atoms in total. The number of ether oxygens (including phenoxy) is 1. The molecule has 0 bridgehead atoms. The van der Waals surface area contributed by atoms with Crippen LogP contribution in [0, 0.1) is 5.41 Å². The van der Waals surface area contributed by atoms with Crippen molar-refractivity contribution in [1.29, 1.82) is 0 Å². The van der Waals surface area contributed by atoms with Gasteiger partial charge in [-0.1, -0.05) is 0 Å². The lowest BCUT2D eigenvalue weighted by atomic mass is 9.73. The molecule has 2 saturated heterocycles. The standard InChI is InChI=1S/C34H50N8O5S2/c1-22-28(39-48(44)31(2,3)4)34(21-46-22)12-14-40(15-13-34)29-26(19-47-49(45)32(5,6)7)38-30-25(37-29)18-36-42(30)24-11-10-23-17-35-41(27(23)16-24)20-33(8,9)43/h10-11,16-18,22,28,39,43H,12-15,19-21H2,1-9H3/t22-,28+,48?,49?/m0/s1. The van der Waals surface area contributed by atoms with E-state index in [4.69, 9.17) is 18.9 Å². The molecule has 2 aliphatic heterocycles. The number of aromatic nitrogens is 6. The van der Waals surface area contributed by atoms with E-state index in [2.05, 4.69) is 26.7 Å². The predicted molar refractivity (Wildman–Crippen MR) is 193 cm³/mol. The third kappa shape index (κ3) is 7.47. The molecule has 3 aromatic heterocycles. The highest BCUT2D eigenvalue weighted by Gasteiger charge is 2.51. The topological polar surface area (TPSA) is 150 Å². The highest BCUT2D eigenvalue weighted by molar-refractivity contribution is 7.84. The summed E-state index contributed by atoms with van der Waals surface area (Å²) in [7, 11) is -1.22. The number of nitrogens with one attached hydrogen (secondary N) is 1. The van der Waals surface area contributed by atoms with Crippen molar-refractivity contribution in [3.05, 3.63) is 36.3 Å². The van der Waals surface area contributed by atoms with Crippen LogP contribution >= 0.6 is 0 Å². The third-order valence-corrected chi connectivity index (χ3v) is 12.2. The summed E-state index contributed by atoms with van der Waals surface area (Å²) in [6, 6.07) is 5.88. The number of fused-ring (bicyclic) bond motifs is 2. The summed E-state index contributed by atoms with van der Waals surface area (Å²) in [4.78, 5) is 12.4. The van der Waals surface area contributed by atoms with E-state index in [1.165, 1.54) is 0 Å². The van der Waals surface area contributed by atoms with Crippen LogP contribution in [0.15, 0.2) is 30.6 Å². The quantitative estimate of drug-likeness (QED) is 0.257. The third-order valence-electron chi connectivity index (χ3n) is 9.27. The summed E-state index contributed by atoms with van der Waals surface area (Å²) in [5.74, 6) is 0.682. The van der Waals surface area contributed by atoms with E-state index in [0.717, 1.165) is 29.4 Å². The second-order valence-electron chi connectivity index (χ2n) is 16.1. The zero-order valence-electron chi connectivity index (χ0n) is 30.0. The van der Waals surface area contributed by atoms with E-state index in [1.807, 2.05) is 59.7 Å². The first-order valence-corrected chi connectivity index (χ1v) is 19.1.